The summed E-state index contributed by atoms with van der Waals surface area (Å²) in [6.07, 6.45) is 7.52. The van der Waals surface area contributed by atoms with Crippen molar-refractivity contribution in [1.29, 1.82) is 0 Å². The van der Waals surface area contributed by atoms with Gasteiger partial charge in [0.1, 0.15) is 0 Å². The molecular weight excluding hydrogens is 300 g/mol. The van der Waals surface area contributed by atoms with Crippen LogP contribution in [-0.2, 0) is 11.2 Å². The highest BCUT2D eigenvalue weighted by Gasteiger charge is 2.22. The molecule has 5 heteroatoms. The fraction of sp³-hybridized carbons (Fsp3) is 0.474. The van der Waals surface area contributed by atoms with Crippen molar-refractivity contribution in [3.8, 4) is 5.69 Å². The molecule has 1 unspecified atom stereocenters. The minimum atomic E-state index is 0.267. The molecule has 0 radical (unpaired) electrons. The van der Waals surface area contributed by atoms with Gasteiger partial charge >= 0.3 is 0 Å². The van der Waals surface area contributed by atoms with E-state index >= 15 is 0 Å². The Hall–Kier alpha value is -2.14. The van der Waals surface area contributed by atoms with E-state index in [1.807, 2.05) is 59.4 Å². The largest absolute Gasteiger partial charge is 0.342 e. The lowest BCUT2D eigenvalue weighted by Crippen LogP contribution is -2.42. The average Bonchev–Trinajstić information content (AvgIpc) is 3.10. The molecule has 1 aromatic heterocycles. The third kappa shape index (κ3) is 4.23. The summed E-state index contributed by atoms with van der Waals surface area (Å²) in [6, 6.07) is 10.0. The topological polar surface area (TPSA) is 50.2 Å². The molecule has 2 heterocycles. The van der Waals surface area contributed by atoms with Crippen LogP contribution < -0.4 is 5.32 Å². The van der Waals surface area contributed by atoms with Gasteiger partial charge in [0, 0.05) is 25.7 Å². The van der Waals surface area contributed by atoms with Crippen molar-refractivity contribution < 1.29 is 4.79 Å². The van der Waals surface area contributed by atoms with Crippen molar-refractivity contribution in [3.63, 3.8) is 0 Å². The number of benzene rings is 1. The van der Waals surface area contributed by atoms with E-state index in [0.29, 0.717) is 12.3 Å². The number of hydrogen-bond donors (Lipinski definition) is 1. The van der Waals surface area contributed by atoms with Crippen molar-refractivity contribution in [3.05, 3.63) is 48.3 Å². The first-order valence-electron chi connectivity index (χ1n) is 8.77. The zero-order chi connectivity index (χ0) is 16.8. The number of likely N-dealkylation sites (tertiary alicyclic amines) is 1. The molecule has 24 heavy (non-hydrogen) atoms. The van der Waals surface area contributed by atoms with Gasteiger partial charge in [-0.15, -0.1) is 0 Å². The summed E-state index contributed by atoms with van der Waals surface area (Å²) in [5.41, 5.74) is 2.15. The van der Waals surface area contributed by atoms with Crippen LogP contribution in [-0.4, -0.2) is 47.3 Å². The third-order valence-corrected chi connectivity index (χ3v) is 4.65. The highest BCUT2D eigenvalue weighted by molar-refractivity contribution is 5.76. The molecular formula is C19H26N4O. The number of para-hydroxylation sites is 1. The first-order chi connectivity index (χ1) is 11.8. The normalized spacial score (nSPS) is 17.9. The van der Waals surface area contributed by atoms with Gasteiger partial charge in [-0.1, -0.05) is 18.2 Å². The van der Waals surface area contributed by atoms with Gasteiger partial charge in [-0.05, 0) is 56.5 Å². The van der Waals surface area contributed by atoms with Crippen LogP contribution in [0.25, 0.3) is 5.69 Å². The number of rotatable bonds is 6. The Morgan fingerprint density at radius 1 is 1.33 bits per heavy atom. The Bertz CT molecular complexity index is 650. The highest BCUT2D eigenvalue weighted by atomic mass is 16.2. The second-order valence-corrected chi connectivity index (χ2v) is 6.53. The first kappa shape index (κ1) is 16.7. The zero-order valence-electron chi connectivity index (χ0n) is 14.3. The van der Waals surface area contributed by atoms with Crippen LogP contribution in [0.3, 0.4) is 0 Å². The van der Waals surface area contributed by atoms with Crippen molar-refractivity contribution >= 4 is 5.91 Å². The van der Waals surface area contributed by atoms with Crippen molar-refractivity contribution in [2.75, 3.05) is 26.7 Å². The number of carbonyl (C=O) groups excluding carboxylic acids is 1. The molecule has 1 atom stereocenters. The molecule has 0 bridgehead atoms. The van der Waals surface area contributed by atoms with E-state index in [-0.39, 0.29) is 5.91 Å². The fourth-order valence-electron chi connectivity index (χ4n) is 3.37. The Morgan fingerprint density at radius 3 is 2.96 bits per heavy atom. The Morgan fingerprint density at radius 2 is 2.17 bits per heavy atom. The lowest BCUT2D eigenvalue weighted by molar-refractivity contribution is -0.132. The lowest BCUT2D eigenvalue weighted by Gasteiger charge is -2.32. The summed E-state index contributed by atoms with van der Waals surface area (Å²) in [7, 11) is 1.98. The summed E-state index contributed by atoms with van der Waals surface area (Å²) in [4.78, 5) is 14.5. The number of carbonyl (C=O) groups is 1. The molecule has 0 saturated carbocycles. The standard InChI is InChI=1S/C19H26N4O/c1-20-12-16-6-5-11-22(14-16)19(24)10-9-17-13-21-23(15-17)18-7-3-2-4-8-18/h2-4,7-8,13,15-16,20H,5-6,9-12,14H2,1H3. The summed E-state index contributed by atoms with van der Waals surface area (Å²) in [5.74, 6) is 0.858. The molecule has 0 aliphatic carbocycles. The number of amides is 1. The minimum Gasteiger partial charge on any atom is -0.342 e. The minimum absolute atomic E-state index is 0.267. The van der Waals surface area contributed by atoms with E-state index in [0.717, 1.165) is 43.7 Å². The van der Waals surface area contributed by atoms with Crippen LogP contribution in [0.1, 0.15) is 24.8 Å². The molecule has 1 saturated heterocycles. The van der Waals surface area contributed by atoms with Gasteiger partial charge in [-0.25, -0.2) is 4.68 Å². The number of aryl methyl sites for hydroxylation is 1. The molecule has 2 aromatic rings. The predicted molar refractivity (Wildman–Crippen MR) is 95.1 cm³/mol. The number of aromatic nitrogens is 2. The smallest absolute Gasteiger partial charge is 0.222 e. The van der Waals surface area contributed by atoms with E-state index in [4.69, 9.17) is 0 Å². The molecule has 1 amide bonds. The molecule has 1 fully saturated rings. The van der Waals surface area contributed by atoms with E-state index in [1.165, 1.54) is 6.42 Å². The van der Waals surface area contributed by atoms with Gasteiger partial charge in [-0.2, -0.15) is 5.10 Å². The maximum atomic E-state index is 12.5. The molecule has 5 nitrogen and oxygen atoms in total. The van der Waals surface area contributed by atoms with Crippen LogP contribution in [0, 0.1) is 5.92 Å². The lowest BCUT2D eigenvalue weighted by atomic mass is 9.97. The van der Waals surface area contributed by atoms with Crippen LogP contribution >= 0.6 is 0 Å². The van der Waals surface area contributed by atoms with Gasteiger partial charge in [0.05, 0.1) is 11.9 Å². The molecule has 1 N–H and O–H groups in total. The quantitative estimate of drug-likeness (QED) is 0.886. The van der Waals surface area contributed by atoms with Crippen LogP contribution in [0.5, 0.6) is 0 Å². The number of piperidine rings is 1. The first-order valence-corrected chi connectivity index (χ1v) is 8.77. The maximum Gasteiger partial charge on any atom is 0.222 e. The van der Waals surface area contributed by atoms with Crippen molar-refractivity contribution in [1.82, 2.24) is 20.0 Å². The molecule has 1 aromatic carbocycles. The molecule has 3 rings (SSSR count). The highest BCUT2D eigenvalue weighted by Crippen LogP contribution is 2.17. The number of hydrogen-bond acceptors (Lipinski definition) is 3. The molecule has 128 valence electrons. The van der Waals surface area contributed by atoms with Crippen LogP contribution in [0.2, 0.25) is 0 Å². The summed E-state index contributed by atoms with van der Waals surface area (Å²) in [5, 5.41) is 7.62. The monoisotopic (exact) mass is 326 g/mol. The Labute approximate surface area is 143 Å². The van der Waals surface area contributed by atoms with Gasteiger partial charge in [-0.3, -0.25) is 4.79 Å². The maximum absolute atomic E-state index is 12.5. The Kier molecular flexibility index (Phi) is 5.64. The van der Waals surface area contributed by atoms with Crippen LogP contribution in [0.4, 0.5) is 0 Å². The van der Waals surface area contributed by atoms with Crippen molar-refractivity contribution in [2.45, 2.75) is 25.7 Å². The van der Waals surface area contributed by atoms with E-state index in [9.17, 15) is 4.79 Å². The van der Waals surface area contributed by atoms with Gasteiger partial charge in [0.2, 0.25) is 5.91 Å². The molecule has 0 spiro atoms. The van der Waals surface area contributed by atoms with Gasteiger partial charge in [0.15, 0.2) is 0 Å². The number of nitrogens with one attached hydrogen (secondary N) is 1. The van der Waals surface area contributed by atoms with E-state index in [2.05, 4.69) is 10.4 Å². The summed E-state index contributed by atoms with van der Waals surface area (Å²) in [6.45, 7) is 2.79. The molecule has 1 aliphatic rings. The van der Waals surface area contributed by atoms with E-state index in [1.54, 1.807) is 0 Å². The summed E-state index contributed by atoms with van der Waals surface area (Å²) >= 11 is 0. The predicted octanol–water partition coefficient (Wildman–Crippen LogP) is 2.26. The summed E-state index contributed by atoms with van der Waals surface area (Å²) < 4.78 is 1.86. The second-order valence-electron chi connectivity index (χ2n) is 6.53. The zero-order valence-corrected chi connectivity index (χ0v) is 14.3. The van der Waals surface area contributed by atoms with Crippen LogP contribution in [0.15, 0.2) is 42.7 Å². The fourth-order valence-corrected chi connectivity index (χ4v) is 3.37. The van der Waals surface area contributed by atoms with Gasteiger partial charge in [0.25, 0.3) is 0 Å². The SMILES string of the molecule is CNCC1CCCN(C(=O)CCc2cnn(-c3ccccc3)c2)C1. The second kappa shape index (κ2) is 8.11. The van der Waals surface area contributed by atoms with E-state index < -0.39 is 0 Å². The molecule has 1 aliphatic heterocycles. The van der Waals surface area contributed by atoms with Gasteiger partial charge < -0.3 is 10.2 Å². The number of nitrogens with zero attached hydrogens (tertiary/aromatic N) is 3. The third-order valence-electron chi connectivity index (χ3n) is 4.65. The average molecular weight is 326 g/mol. The Balaban J connectivity index is 1.52. The van der Waals surface area contributed by atoms with Crippen molar-refractivity contribution in [2.24, 2.45) is 5.92 Å².